The Bertz CT molecular complexity index is 1510. The van der Waals surface area contributed by atoms with Crippen LogP contribution in [0.4, 0.5) is 23.2 Å². The largest absolute Gasteiger partial charge is 0.485 e. The number of carbonyl (C=O) groups excluding carboxylic acids is 3. The lowest BCUT2D eigenvalue weighted by molar-refractivity contribution is -0.145. The average Bonchev–Trinajstić information content (AvgIpc) is 2.99. The number of piperidine rings is 1. The Morgan fingerprint density at radius 2 is 1.58 bits per heavy atom. The van der Waals surface area contributed by atoms with Gasteiger partial charge in [-0.15, -0.1) is 0 Å². The van der Waals surface area contributed by atoms with Gasteiger partial charge in [-0.05, 0) is 24.3 Å². The second-order valence-corrected chi connectivity index (χ2v) is 9.94. The van der Waals surface area contributed by atoms with E-state index in [-0.39, 0.29) is 32.0 Å². The van der Waals surface area contributed by atoms with Crippen LogP contribution in [0.1, 0.15) is 19.3 Å². The predicted octanol–water partition coefficient (Wildman–Crippen LogP) is 2.97. The Balaban J connectivity index is 1.32. The van der Waals surface area contributed by atoms with Crippen molar-refractivity contribution >= 4 is 40.2 Å². The molecule has 0 spiro atoms. The van der Waals surface area contributed by atoms with Gasteiger partial charge in [-0.1, -0.05) is 36.4 Å². The fourth-order valence-electron chi connectivity index (χ4n) is 4.73. The summed E-state index contributed by atoms with van der Waals surface area (Å²) in [4.78, 5) is 50.9. The molecule has 43 heavy (non-hydrogen) atoms. The lowest BCUT2D eigenvalue weighted by atomic mass is 9.94. The molecule has 1 aliphatic heterocycles. The third-order valence-electron chi connectivity index (χ3n) is 7.04. The van der Waals surface area contributed by atoms with Crippen molar-refractivity contribution in [2.45, 2.75) is 31.4 Å². The minimum Gasteiger partial charge on any atom is -0.485 e. The van der Waals surface area contributed by atoms with Gasteiger partial charge in [0.2, 0.25) is 17.5 Å². The van der Waals surface area contributed by atoms with E-state index in [1.807, 2.05) is 18.2 Å². The van der Waals surface area contributed by atoms with E-state index in [2.05, 4.69) is 10.6 Å². The molecule has 1 unspecified atom stereocenters. The maximum atomic E-state index is 13.9. The van der Waals surface area contributed by atoms with Crippen LogP contribution in [0.15, 0.2) is 48.5 Å². The molecule has 14 heteroatoms. The Hall–Kier alpha value is -4.72. The molecule has 10 nitrogen and oxygen atoms in total. The van der Waals surface area contributed by atoms with Crippen LogP contribution in [0.2, 0.25) is 0 Å². The van der Waals surface area contributed by atoms with Crippen molar-refractivity contribution in [1.82, 2.24) is 10.2 Å². The van der Waals surface area contributed by atoms with Crippen molar-refractivity contribution in [3.05, 3.63) is 71.8 Å². The summed E-state index contributed by atoms with van der Waals surface area (Å²) < 4.78 is 59.3. The van der Waals surface area contributed by atoms with Crippen molar-refractivity contribution < 1.29 is 51.7 Å². The highest BCUT2D eigenvalue weighted by Crippen LogP contribution is 2.27. The molecule has 0 bridgehead atoms. The van der Waals surface area contributed by atoms with Crippen LogP contribution < -0.4 is 15.4 Å². The number of carboxylic acid groups (broad SMARTS) is 1. The smallest absolute Gasteiger partial charge is 0.313 e. The van der Waals surface area contributed by atoms with E-state index in [1.165, 1.54) is 4.90 Å². The fraction of sp³-hybridized carbons (Fsp3) is 0.310. The van der Waals surface area contributed by atoms with Gasteiger partial charge in [0.05, 0.1) is 12.5 Å². The highest BCUT2D eigenvalue weighted by Gasteiger charge is 2.33. The zero-order chi connectivity index (χ0) is 31.3. The molecule has 0 radical (unpaired) electrons. The molecule has 4 N–H and O–H groups in total. The van der Waals surface area contributed by atoms with Crippen molar-refractivity contribution in [2.75, 3.05) is 25.0 Å². The number of nitrogens with one attached hydrogen (secondary N) is 2. The van der Waals surface area contributed by atoms with Crippen LogP contribution in [-0.4, -0.2) is 70.6 Å². The van der Waals surface area contributed by atoms with E-state index in [1.54, 1.807) is 24.3 Å². The first-order valence-corrected chi connectivity index (χ1v) is 13.2. The topological polar surface area (TPSA) is 145 Å². The second kappa shape index (κ2) is 13.5. The third kappa shape index (κ3) is 7.38. The Morgan fingerprint density at radius 3 is 2.23 bits per heavy atom. The summed E-state index contributed by atoms with van der Waals surface area (Å²) in [5, 5.41) is 26.2. The number of ether oxygens (including phenoxy) is 1. The number of benzene rings is 3. The number of amides is 3. The lowest BCUT2D eigenvalue weighted by Crippen LogP contribution is -2.51. The highest BCUT2D eigenvalue weighted by atomic mass is 19.2. The summed E-state index contributed by atoms with van der Waals surface area (Å²) in [6, 6.07) is 11.0. The monoisotopic (exact) mass is 605 g/mol. The molecule has 3 aromatic rings. The first kappa shape index (κ1) is 31.2. The standard InChI is InChI=1S/C29H27F4N3O7/c30-18-12-19(31)25(33)26(24(18)32)43-14-22(37)21(13-23(38)39)35-27(40)16-8-10-36(11-9-16)29(42)28(41)34-20-7-3-5-15-4-1-2-6-17(15)20/h1-7,12,16,21-22,37H,8-11,13-14H2,(H,34,41)(H,35,40)(H,38,39)/t21-,22?/m0/s1. The molecule has 228 valence electrons. The molecule has 3 aromatic carbocycles. The molecule has 4 rings (SSSR count). The summed E-state index contributed by atoms with van der Waals surface area (Å²) >= 11 is 0. The lowest BCUT2D eigenvalue weighted by Gasteiger charge is -2.32. The summed E-state index contributed by atoms with van der Waals surface area (Å²) in [5.74, 6) is -13.1. The molecule has 0 aliphatic carbocycles. The van der Waals surface area contributed by atoms with Gasteiger partial charge in [0, 0.05) is 36.1 Å². The number of carboxylic acids is 1. The number of hydrogen-bond acceptors (Lipinski definition) is 6. The van der Waals surface area contributed by atoms with Crippen LogP contribution in [0.25, 0.3) is 10.8 Å². The number of anilines is 1. The number of aliphatic hydroxyl groups excluding tert-OH is 1. The Labute approximate surface area is 242 Å². The van der Waals surface area contributed by atoms with E-state index >= 15 is 0 Å². The van der Waals surface area contributed by atoms with E-state index in [0.717, 1.165) is 10.8 Å². The van der Waals surface area contributed by atoms with E-state index < -0.39 is 83.8 Å². The van der Waals surface area contributed by atoms with E-state index in [4.69, 9.17) is 4.74 Å². The SMILES string of the molecule is O=C(O)C[C@H](NC(=O)C1CCN(C(=O)C(=O)Nc2cccc3ccccc23)CC1)C(O)COc1c(F)c(F)cc(F)c1F. The molecule has 2 atom stereocenters. The summed E-state index contributed by atoms with van der Waals surface area (Å²) in [5.41, 5.74) is 0.464. The number of carbonyl (C=O) groups is 4. The molecule has 0 saturated carbocycles. The van der Waals surface area contributed by atoms with Gasteiger partial charge in [0.25, 0.3) is 0 Å². The number of aliphatic carboxylic acids is 1. The number of halogens is 4. The van der Waals surface area contributed by atoms with Gasteiger partial charge in [-0.3, -0.25) is 19.2 Å². The minimum absolute atomic E-state index is 0.0300. The molecular formula is C29H27F4N3O7. The van der Waals surface area contributed by atoms with Gasteiger partial charge in [0.15, 0.2) is 17.4 Å². The molecule has 1 heterocycles. The zero-order valence-electron chi connectivity index (χ0n) is 22.5. The first-order chi connectivity index (χ1) is 20.5. The quantitative estimate of drug-likeness (QED) is 0.167. The number of fused-ring (bicyclic) bond motifs is 1. The summed E-state index contributed by atoms with van der Waals surface area (Å²) in [7, 11) is 0. The Kier molecular flexibility index (Phi) is 9.80. The minimum atomic E-state index is -1.85. The number of nitrogens with zero attached hydrogens (tertiary/aromatic N) is 1. The van der Waals surface area contributed by atoms with Crippen LogP contribution in [0.5, 0.6) is 5.75 Å². The number of rotatable bonds is 9. The number of aliphatic hydroxyl groups is 1. The molecule has 1 aliphatic rings. The Morgan fingerprint density at radius 1 is 0.953 bits per heavy atom. The molecule has 3 amide bonds. The second-order valence-electron chi connectivity index (χ2n) is 9.94. The van der Waals surface area contributed by atoms with Crippen LogP contribution in [-0.2, 0) is 19.2 Å². The summed E-state index contributed by atoms with van der Waals surface area (Å²) in [6.45, 7) is -0.925. The van der Waals surface area contributed by atoms with Gasteiger partial charge in [0.1, 0.15) is 12.7 Å². The van der Waals surface area contributed by atoms with Crippen LogP contribution in [0.3, 0.4) is 0 Å². The highest BCUT2D eigenvalue weighted by molar-refractivity contribution is 6.40. The van der Waals surface area contributed by atoms with Gasteiger partial charge in [-0.25, -0.2) is 8.78 Å². The summed E-state index contributed by atoms with van der Waals surface area (Å²) in [6.07, 6.45) is -2.43. The maximum absolute atomic E-state index is 13.9. The van der Waals surface area contributed by atoms with Crippen molar-refractivity contribution in [1.29, 1.82) is 0 Å². The number of likely N-dealkylation sites (tertiary alicyclic amines) is 1. The average molecular weight is 606 g/mol. The molecular weight excluding hydrogens is 578 g/mol. The maximum Gasteiger partial charge on any atom is 0.313 e. The van der Waals surface area contributed by atoms with E-state index in [9.17, 15) is 47.0 Å². The van der Waals surface area contributed by atoms with Crippen molar-refractivity contribution in [3.63, 3.8) is 0 Å². The molecule has 1 saturated heterocycles. The number of hydrogen-bond donors (Lipinski definition) is 4. The van der Waals surface area contributed by atoms with Gasteiger partial charge < -0.3 is 30.5 Å². The van der Waals surface area contributed by atoms with Crippen molar-refractivity contribution in [2.24, 2.45) is 5.92 Å². The zero-order valence-corrected chi connectivity index (χ0v) is 22.5. The van der Waals surface area contributed by atoms with Crippen molar-refractivity contribution in [3.8, 4) is 5.75 Å². The fourth-order valence-corrected chi connectivity index (χ4v) is 4.73. The van der Waals surface area contributed by atoms with Gasteiger partial charge >= 0.3 is 17.8 Å². The normalized spacial score (nSPS) is 15.0. The predicted molar refractivity (Wildman–Crippen MR) is 144 cm³/mol. The molecule has 0 aromatic heterocycles. The van der Waals surface area contributed by atoms with E-state index in [0.29, 0.717) is 5.69 Å². The van der Waals surface area contributed by atoms with Crippen LogP contribution >= 0.6 is 0 Å². The first-order valence-electron chi connectivity index (χ1n) is 13.2. The van der Waals surface area contributed by atoms with Gasteiger partial charge in [-0.2, -0.15) is 8.78 Å². The molecule has 1 fully saturated rings. The third-order valence-corrected chi connectivity index (χ3v) is 7.04. The van der Waals surface area contributed by atoms with Crippen LogP contribution in [0, 0.1) is 29.2 Å².